The molecule has 0 fully saturated rings. The molecule has 1 aromatic carbocycles. The van der Waals surface area contributed by atoms with Gasteiger partial charge < -0.3 is 10.8 Å². The number of aromatic hydroxyl groups is 1. The number of rotatable bonds is 19. The van der Waals surface area contributed by atoms with Crippen molar-refractivity contribution in [3.63, 3.8) is 0 Å². The summed E-state index contributed by atoms with van der Waals surface area (Å²) >= 11 is 0. The standard InChI is InChI=1S/C29H48N2O2/c1-2-3-4-5-6-7-8-9-10-11-12-13-14-15-16-17-18-29(33)31-24-25(21-22-30)27-23-26(32)19-20-28(27)31/h19-20,23-24,32H,2-18,21-22,30H2,1H3. The van der Waals surface area contributed by atoms with E-state index in [-0.39, 0.29) is 11.7 Å². The molecule has 0 atom stereocenters. The molecule has 0 spiro atoms. The van der Waals surface area contributed by atoms with Crippen LogP contribution in [-0.2, 0) is 6.42 Å². The van der Waals surface area contributed by atoms with Crippen molar-refractivity contribution in [2.45, 2.75) is 122 Å². The first kappa shape index (κ1) is 27.4. The summed E-state index contributed by atoms with van der Waals surface area (Å²) in [6.07, 6.45) is 24.6. The molecule has 0 saturated carbocycles. The van der Waals surface area contributed by atoms with Gasteiger partial charge in [-0.2, -0.15) is 0 Å². The van der Waals surface area contributed by atoms with Gasteiger partial charge in [-0.1, -0.05) is 103 Å². The van der Waals surface area contributed by atoms with E-state index in [0.717, 1.165) is 29.3 Å². The highest BCUT2D eigenvalue weighted by Crippen LogP contribution is 2.26. The van der Waals surface area contributed by atoms with Gasteiger partial charge in [-0.25, -0.2) is 0 Å². The van der Waals surface area contributed by atoms with Crippen LogP contribution in [0.3, 0.4) is 0 Å². The number of carbonyl (C=O) groups is 1. The third kappa shape index (κ3) is 10.3. The minimum Gasteiger partial charge on any atom is -0.508 e. The van der Waals surface area contributed by atoms with E-state index in [4.69, 9.17) is 5.73 Å². The van der Waals surface area contributed by atoms with Gasteiger partial charge in [-0.05, 0) is 43.1 Å². The number of carbonyl (C=O) groups excluding carboxylic acids is 1. The minimum absolute atomic E-state index is 0.138. The molecule has 1 aromatic heterocycles. The maximum absolute atomic E-state index is 12.8. The van der Waals surface area contributed by atoms with Gasteiger partial charge in [0.25, 0.3) is 0 Å². The molecule has 1 heterocycles. The molecular weight excluding hydrogens is 408 g/mol. The first-order valence-corrected chi connectivity index (χ1v) is 13.7. The summed E-state index contributed by atoms with van der Waals surface area (Å²) < 4.78 is 1.75. The second-order valence-corrected chi connectivity index (χ2v) is 9.71. The van der Waals surface area contributed by atoms with Crippen molar-refractivity contribution < 1.29 is 9.90 Å². The first-order valence-electron chi connectivity index (χ1n) is 13.7. The van der Waals surface area contributed by atoms with Crippen molar-refractivity contribution in [1.82, 2.24) is 4.57 Å². The van der Waals surface area contributed by atoms with Crippen LogP contribution >= 0.6 is 0 Å². The fraction of sp³-hybridized carbons (Fsp3) is 0.690. The Morgan fingerprint density at radius 2 is 1.33 bits per heavy atom. The number of phenols is 1. The van der Waals surface area contributed by atoms with E-state index in [2.05, 4.69) is 6.92 Å². The Kier molecular flexibility index (Phi) is 13.9. The highest BCUT2D eigenvalue weighted by Gasteiger charge is 2.13. The Morgan fingerprint density at radius 1 is 0.818 bits per heavy atom. The van der Waals surface area contributed by atoms with Crippen LogP contribution in [0.1, 0.15) is 126 Å². The summed E-state index contributed by atoms with van der Waals surface area (Å²) in [6.45, 7) is 2.81. The zero-order chi connectivity index (χ0) is 23.7. The van der Waals surface area contributed by atoms with E-state index in [0.29, 0.717) is 19.4 Å². The van der Waals surface area contributed by atoms with Crippen molar-refractivity contribution in [3.05, 3.63) is 30.0 Å². The van der Waals surface area contributed by atoms with Crippen molar-refractivity contribution in [2.24, 2.45) is 5.73 Å². The number of fused-ring (bicyclic) bond motifs is 1. The van der Waals surface area contributed by atoms with Gasteiger partial charge in [0.05, 0.1) is 5.52 Å². The Bertz CT molecular complexity index is 796. The smallest absolute Gasteiger partial charge is 0.231 e. The van der Waals surface area contributed by atoms with Gasteiger partial charge in [-0.15, -0.1) is 0 Å². The van der Waals surface area contributed by atoms with Crippen LogP contribution in [0.15, 0.2) is 24.4 Å². The molecule has 186 valence electrons. The Morgan fingerprint density at radius 3 is 1.85 bits per heavy atom. The Balaban J connectivity index is 1.51. The van der Waals surface area contributed by atoms with Crippen LogP contribution in [0.25, 0.3) is 10.9 Å². The Hall–Kier alpha value is -1.81. The van der Waals surface area contributed by atoms with Gasteiger partial charge in [0.1, 0.15) is 5.75 Å². The summed E-state index contributed by atoms with van der Waals surface area (Å²) in [6, 6.07) is 5.21. The molecule has 0 radical (unpaired) electrons. The molecule has 0 amide bonds. The van der Waals surface area contributed by atoms with Crippen molar-refractivity contribution in [3.8, 4) is 5.75 Å². The Labute approximate surface area is 201 Å². The molecule has 0 aliphatic carbocycles. The molecule has 4 heteroatoms. The number of hydrogen-bond acceptors (Lipinski definition) is 3. The largest absolute Gasteiger partial charge is 0.508 e. The maximum atomic E-state index is 12.8. The molecule has 0 aliphatic heterocycles. The van der Waals surface area contributed by atoms with Crippen LogP contribution in [0, 0.1) is 0 Å². The molecule has 0 bridgehead atoms. The lowest BCUT2D eigenvalue weighted by atomic mass is 10.0. The van der Waals surface area contributed by atoms with Gasteiger partial charge >= 0.3 is 0 Å². The molecule has 0 saturated heterocycles. The third-order valence-corrected chi connectivity index (χ3v) is 6.80. The predicted octanol–water partition coefficient (Wildman–Crippen LogP) is 8.14. The fourth-order valence-electron chi connectivity index (χ4n) is 4.79. The SMILES string of the molecule is CCCCCCCCCCCCCCCCCCC(=O)n1cc(CCN)c2cc(O)ccc21. The lowest BCUT2D eigenvalue weighted by Gasteiger charge is -2.05. The summed E-state index contributed by atoms with van der Waals surface area (Å²) in [7, 11) is 0. The highest BCUT2D eigenvalue weighted by molar-refractivity contribution is 5.95. The van der Waals surface area contributed by atoms with E-state index in [9.17, 15) is 9.90 Å². The minimum atomic E-state index is 0.138. The van der Waals surface area contributed by atoms with Crippen molar-refractivity contribution >= 4 is 16.8 Å². The van der Waals surface area contributed by atoms with E-state index < -0.39 is 0 Å². The van der Waals surface area contributed by atoms with Crippen molar-refractivity contribution in [2.75, 3.05) is 6.54 Å². The van der Waals surface area contributed by atoms with E-state index >= 15 is 0 Å². The molecule has 2 aromatic rings. The zero-order valence-corrected chi connectivity index (χ0v) is 21.1. The number of hydrogen-bond donors (Lipinski definition) is 2. The number of benzene rings is 1. The summed E-state index contributed by atoms with van der Waals surface area (Å²) in [4.78, 5) is 12.8. The van der Waals surface area contributed by atoms with Gasteiger partial charge in [-0.3, -0.25) is 9.36 Å². The monoisotopic (exact) mass is 456 g/mol. The molecule has 2 rings (SSSR count). The van der Waals surface area contributed by atoms with Gasteiger partial charge in [0.15, 0.2) is 0 Å². The van der Waals surface area contributed by atoms with E-state index in [1.165, 1.54) is 89.9 Å². The normalized spacial score (nSPS) is 11.5. The molecule has 33 heavy (non-hydrogen) atoms. The third-order valence-electron chi connectivity index (χ3n) is 6.80. The van der Waals surface area contributed by atoms with Gasteiger partial charge in [0.2, 0.25) is 5.91 Å². The topological polar surface area (TPSA) is 68.2 Å². The first-order chi connectivity index (χ1) is 16.2. The highest BCUT2D eigenvalue weighted by atomic mass is 16.3. The van der Waals surface area contributed by atoms with E-state index in [1.54, 1.807) is 16.7 Å². The predicted molar refractivity (Wildman–Crippen MR) is 141 cm³/mol. The lowest BCUT2D eigenvalue weighted by Crippen LogP contribution is -2.09. The molecular formula is C29H48N2O2. The van der Waals surface area contributed by atoms with Crippen LogP contribution in [0.4, 0.5) is 0 Å². The summed E-state index contributed by atoms with van der Waals surface area (Å²) in [5.41, 5.74) is 7.63. The second kappa shape index (κ2) is 16.7. The summed E-state index contributed by atoms with van der Waals surface area (Å²) in [5, 5.41) is 10.7. The maximum Gasteiger partial charge on any atom is 0.231 e. The molecule has 0 unspecified atom stereocenters. The molecule has 0 aliphatic rings. The second-order valence-electron chi connectivity index (χ2n) is 9.71. The van der Waals surface area contributed by atoms with Crippen LogP contribution in [-0.4, -0.2) is 22.1 Å². The number of aromatic nitrogens is 1. The van der Waals surface area contributed by atoms with Gasteiger partial charge in [0, 0.05) is 18.0 Å². The van der Waals surface area contributed by atoms with Crippen LogP contribution < -0.4 is 5.73 Å². The summed E-state index contributed by atoms with van der Waals surface area (Å²) in [5.74, 6) is 0.364. The fourth-order valence-corrected chi connectivity index (χ4v) is 4.79. The van der Waals surface area contributed by atoms with Crippen molar-refractivity contribution in [1.29, 1.82) is 0 Å². The number of phenolic OH excluding ortho intramolecular Hbond substituents is 1. The lowest BCUT2D eigenvalue weighted by molar-refractivity contribution is 0.0904. The average molecular weight is 457 g/mol. The van der Waals surface area contributed by atoms with E-state index in [1.807, 2.05) is 12.3 Å². The quantitative estimate of drug-likeness (QED) is 0.210. The molecule has 4 nitrogen and oxygen atoms in total. The average Bonchev–Trinajstić information content (AvgIpc) is 3.16. The number of nitrogens with two attached hydrogens (primary N) is 1. The van der Waals surface area contributed by atoms with Crippen LogP contribution in [0.5, 0.6) is 5.75 Å². The zero-order valence-electron chi connectivity index (χ0n) is 21.1. The number of unbranched alkanes of at least 4 members (excludes halogenated alkanes) is 15. The molecule has 3 N–H and O–H groups in total. The number of nitrogens with zero attached hydrogens (tertiary/aromatic N) is 1. The van der Waals surface area contributed by atoms with Crippen LogP contribution in [0.2, 0.25) is 0 Å².